The van der Waals surface area contributed by atoms with Gasteiger partial charge in [-0.1, -0.05) is 13.8 Å². The average molecular weight is 290 g/mol. The summed E-state index contributed by atoms with van der Waals surface area (Å²) in [6.07, 6.45) is 4.75. The van der Waals surface area contributed by atoms with Crippen molar-refractivity contribution in [2.75, 3.05) is 30.5 Å². The van der Waals surface area contributed by atoms with Crippen LogP contribution < -0.4 is 10.2 Å². The zero-order chi connectivity index (χ0) is 15.2. The molecule has 1 aliphatic heterocycles. The van der Waals surface area contributed by atoms with E-state index in [1.165, 1.54) is 42.6 Å². The van der Waals surface area contributed by atoms with Gasteiger partial charge in [0.15, 0.2) is 0 Å². The molecule has 0 fully saturated rings. The van der Waals surface area contributed by atoms with Crippen LogP contribution in [0.3, 0.4) is 0 Å². The molecule has 3 heteroatoms. The van der Waals surface area contributed by atoms with E-state index < -0.39 is 0 Å². The zero-order valence-electron chi connectivity index (χ0n) is 14.0. The highest BCUT2D eigenvalue weighted by molar-refractivity contribution is 5.62. The second kappa shape index (κ2) is 7.69. The topological polar surface area (TPSA) is 24.5 Å². The molecule has 1 heterocycles. The van der Waals surface area contributed by atoms with Crippen LogP contribution in [0.1, 0.15) is 45.6 Å². The van der Waals surface area contributed by atoms with Gasteiger partial charge in [0.05, 0.1) is 6.61 Å². The van der Waals surface area contributed by atoms with Gasteiger partial charge in [0.1, 0.15) is 0 Å². The summed E-state index contributed by atoms with van der Waals surface area (Å²) in [5.74, 6) is 0. The molecule has 0 amide bonds. The Morgan fingerprint density at radius 3 is 2.76 bits per heavy atom. The minimum atomic E-state index is 0.590. The van der Waals surface area contributed by atoms with Gasteiger partial charge in [0.25, 0.3) is 0 Å². The highest BCUT2D eigenvalue weighted by atomic mass is 16.5. The van der Waals surface area contributed by atoms with Crippen molar-refractivity contribution in [2.45, 2.75) is 58.5 Å². The Bertz CT molecular complexity index is 443. The summed E-state index contributed by atoms with van der Waals surface area (Å²) in [5.41, 5.74) is 4.11. The second-order valence-corrected chi connectivity index (χ2v) is 6.08. The Labute approximate surface area is 129 Å². The Hall–Kier alpha value is -1.22. The molecule has 118 valence electrons. The molecule has 0 spiro atoms. The summed E-state index contributed by atoms with van der Waals surface area (Å²) in [6.45, 7) is 8.55. The molecule has 3 nitrogen and oxygen atoms in total. The van der Waals surface area contributed by atoms with Crippen molar-refractivity contribution in [1.82, 2.24) is 0 Å². The Balaban J connectivity index is 2.23. The summed E-state index contributed by atoms with van der Waals surface area (Å²) in [7, 11) is 1.78. The maximum atomic E-state index is 5.31. The Morgan fingerprint density at radius 1 is 1.33 bits per heavy atom. The van der Waals surface area contributed by atoms with Gasteiger partial charge in [-0.25, -0.2) is 0 Å². The van der Waals surface area contributed by atoms with Crippen LogP contribution in [0.2, 0.25) is 0 Å². The largest absolute Gasteiger partial charge is 0.383 e. The number of hydrogen-bond donors (Lipinski definition) is 1. The summed E-state index contributed by atoms with van der Waals surface area (Å²) >= 11 is 0. The van der Waals surface area contributed by atoms with Crippen LogP contribution in [0.15, 0.2) is 18.2 Å². The summed E-state index contributed by atoms with van der Waals surface area (Å²) in [6, 6.07) is 8.07. The number of nitrogens with zero attached hydrogens (tertiary/aromatic N) is 1. The first-order chi connectivity index (χ1) is 10.2. The van der Waals surface area contributed by atoms with E-state index in [1.807, 2.05) is 0 Å². The normalized spacial score (nSPS) is 17.5. The fourth-order valence-electron chi connectivity index (χ4n) is 3.26. The SMILES string of the molecule is CCC(CC)N(CCOC)c1ccc2c(c1)CCC(C)N2. The van der Waals surface area contributed by atoms with Crippen LogP contribution in [-0.2, 0) is 11.2 Å². The van der Waals surface area contributed by atoms with E-state index >= 15 is 0 Å². The van der Waals surface area contributed by atoms with Gasteiger partial charge in [-0.15, -0.1) is 0 Å². The third kappa shape index (κ3) is 3.91. The number of methoxy groups -OCH3 is 1. The molecule has 0 bridgehead atoms. The van der Waals surface area contributed by atoms with Crippen LogP contribution in [0.25, 0.3) is 0 Å². The lowest BCUT2D eigenvalue weighted by molar-refractivity contribution is 0.202. The van der Waals surface area contributed by atoms with E-state index in [2.05, 4.69) is 49.2 Å². The third-order valence-electron chi connectivity index (χ3n) is 4.59. The van der Waals surface area contributed by atoms with Crippen molar-refractivity contribution in [1.29, 1.82) is 0 Å². The number of benzene rings is 1. The first-order valence-electron chi connectivity index (χ1n) is 8.34. The highest BCUT2D eigenvalue weighted by Gasteiger charge is 2.19. The van der Waals surface area contributed by atoms with E-state index in [9.17, 15) is 0 Å². The first kappa shape index (κ1) is 16.2. The van der Waals surface area contributed by atoms with Gasteiger partial charge in [0, 0.05) is 37.1 Å². The predicted octanol–water partition coefficient (Wildman–Crippen LogP) is 4.07. The lowest BCUT2D eigenvalue weighted by Crippen LogP contribution is -2.37. The molecule has 0 radical (unpaired) electrons. The number of nitrogens with one attached hydrogen (secondary N) is 1. The molecule has 0 aromatic heterocycles. The molecule has 1 atom stereocenters. The lowest BCUT2D eigenvalue weighted by atomic mass is 9.97. The second-order valence-electron chi connectivity index (χ2n) is 6.08. The fraction of sp³-hybridized carbons (Fsp3) is 0.667. The standard InChI is InChI=1S/C18H30N2O/c1-5-16(6-2)20(11-12-21-4)17-9-10-18-15(13-17)8-7-14(3)19-18/h9-10,13-14,16,19H,5-8,11-12H2,1-4H3. The minimum absolute atomic E-state index is 0.590. The molecule has 0 saturated carbocycles. The lowest BCUT2D eigenvalue weighted by Gasteiger charge is -2.34. The van der Waals surface area contributed by atoms with Crippen LogP contribution in [0.5, 0.6) is 0 Å². The molecule has 1 unspecified atom stereocenters. The molecule has 1 N–H and O–H groups in total. The molecule has 1 aliphatic rings. The van der Waals surface area contributed by atoms with E-state index in [0.29, 0.717) is 12.1 Å². The number of fused-ring (bicyclic) bond motifs is 1. The predicted molar refractivity (Wildman–Crippen MR) is 91.4 cm³/mol. The number of rotatable bonds is 7. The molecular weight excluding hydrogens is 260 g/mol. The van der Waals surface area contributed by atoms with E-state index in [1.54, 1.807) is 7.11 Å². The van der Waals surface area contributed by atoms with Gasteiger partial charge in [0.2, 0.25) is 0 Å². The zero-order valence-corrected chi connectivity index (χ0v) is 14.0. The van der Waals surface area contributed by atoms with Crippen molar-refractivity contribution in [2.24, 2.45) is 0 Å². The van der Waals surface area contributed by atoms with Crippen molar-refractivity contribution >= 4 is 11.4 Å². The molecule has 0 aliphatic carbocycles. The van der Waals surface area contributed by atoms with Crippen LogP contribution >= 0.6 is 0 Å². The van der Waals surface area contributed by atoms with Gasteiger partial charge in [-0.05, 0) is 56.4 Å². The molecule has 0 saturated heterocycles. The van der Waals surface area contributed by atoms with Gasteiger partial charge < -0.3 is 15.0 Å². The minimum Gasteiger partial charge on any atom is -0.383 e. The first-order valence-corrected chi connectivity index (χ1v) is 8.34. The third-order valence-corrected chi connectivity index (χ3v) is 4.59. The van der Waals surface area contributed by atoms with Gasteiger partial charge in [-0.2, -0.15) is 0 Å². The molecule has 2 rings (SSSR count). The smallest absolute Gasteiger partial charge is 0.0637 e. The van der Waals surface area contributed by atoms with Crippen molar-refractivity contribution < 1.29 is 4.74 Å². The van der Waals surface area contributed by atoms with Gasteiger partial charge in [-0.3, -0.25) is 0 Å². The van der Waals surface area contributed by atoms with Crippen LogP contribution in [0, 0.1) is 0 Å². The molecule has 21 heavy (non-hydrogen) atoms. The number of aryl methyl sites for hydroxylation is 1. The maximum absolute atomic E-state index is 5.31. The van der Waals surface area contributed by atoms with Crippen molar-refractivity contribution in [3.05, 3.63) is 23.8 Å². The van der Waals surface area contributed by atoms with E-state index in [0.717, 1.165) is 13.2 Å². The Morgan fingerprint density at radius 2 is 2.10 bits per heavy atom. The van der Waals surface area contributed by atoms with Gasteiger partial charge >= 0.3 is 0 Å². The summed E-state index contributed by atoms with van der Waals surface area (Å²) in [4.78, 5) is 2.52. The fourth-order valence-corrected chi connectivity index (χ4v) is 3.26. The van der Waals surface area contributed by atoms with Crippen LogP contribution in [0.4, 0.5) is 11.4 Å². The Kier molecular flexibility index (Phi) is 5.92. The highest BCUT2D eigenvalue weighted by Crippen LogP contribution is 2.30. The average Bonchev–Trinajstić information content (AvgIpc) is 2.51. The van der Waals surface area contributed by atoms with E-state index in [4.69, 9.17) is 4.74 Å². The summed E-state index contributed by atoms with van der Waals surface area (Å²) in [5, 5.41) is 3.58. The number of ether oxygens (including phenoxy) is 1. The molecule has 1 aromatic carbocycles. The molecule has 1 aromatic rings. The quantitative estimate of drug-likeness (QED) is 0.819. The van der Waals surface area contributed by atoms with Crippen molar-refractivity contribution in [3.8, 4) is 0 Å². The van der Waals surface area contributed by atoms with Crippen molar-refractivity contribution in [3.63, 3.8) is 0 Å². The summed E-state index contributed by atoms with van der Waals surface area (Å²) < 4.78 is 5.31. The molecular formula is C18H30N2O. The van der Waals surface area contributed by atoms with E-state index in [-0.39, 0.29) is 0 Å². The monoisotopic (exact) mass is 290 g/mol. The number of anilines is 2. The number of hydrogen-bond acceptors (Lipinski definition) is 3. The maximum Gasteiger partial charge on any atom is 0.0637 e. The van der Waals surface area contributed by atoms with Crippen LogP contribution in [-0.4, -0.2) is 32.3 Å².